The molecule has 6 nitrogen and oxygen atoms in total. The van der Waals surface area contributed by atoms with Crippen molar-refractivity contribution in [2.75, 3.05) is 26.2 Å². The van der Waals surface area contributed by atoms with Crippen LogP contribution >= 0.6 is 11.6 Å². The van der Waals surface area contributed by atoms with Crippen LogP contribution in [0.4, 0.5) is 0 Å². The number of halogens is 1. The molecule has 1 aliphatic heterocycles. The molecule has 1 amide bonds. The summed E-state index contributed by atoms with van der Waals surface area (Å²) in [6.07, 6.45) is 0. The highest BCUT2D eigenvalue weighted by atomic mass is 35.5. The third-order valence-corrected chi connectivity index (χ3v) is 3.35. The fourth-order valence-corrected chi connectivity index (χ4v) is 2.19. The number of hydrogen-bond acceptors (Lipinski definition) is 4. The minimum atomic E-state index is -0.956. The van der Waals surface area contributed by atoms with E-state index in [1.54, 1.807) is 29.2 Å². The van der Waals surface area contributed by atoms with Gasteiger partial charge in [-0.1, -0.05) is 23.7 Å². The van der Waals surface area contributed by atoms with E-state index in [2.05, 4.69) is 5.32 Å². The van der Waals surface area contributed by atoms with Crippen molar-refractivity contribution in [3.8, 4) is 5.75 Å². The standard InChI is InChI=1S/C13H15ClN2O4/c14-9-3-1-2-4-11(9)20-6-5-16-8-12(17)15-7-10(16)13(18)19/h1-4,10H,5-8H2,(H,15,17)(H,18,19). The molecule has 0 aromatic heterocycles. The van der Waals surface area contributed by atoms with Crippen molar-refractivity contribution in [1.29, 1.82) is 0 Å². The van der Waals surface area contributed by atoms with E-state index >= 15 is 0 Å². The number of nitrogens with one attached hydrogen (secondary N) is 1. The number of hydrogen-bond donors (Lipinski definition) is 2. The van der Waals surface area contributed by atoms with Crippen LogP contribution in [0.1, 0.15) is 0 Å². The van der Waals surface area contributed by atoms with Crippen LogP contribution in [0.3, 0.4) is 0 Å². The van der Waals surface area contributed by atoms with Crippen LogP contribution in [-0.4, -0.2) is 54.2 Å². The largest absolute Gasteiger partial charge is 0.491 e. The van der Waals surface area contributed by atoms with Crippen molar-refractivity contribution >= 4 is 23.5 Å². The molecule has 1 aliphatic rings. The zero-order valence-corrected chi connectivity index (χ0v) is 11.5. The van der Waals surface area contributed by atoms with E-state index in [1.807, 2.05) is 0 Å². The maximum atomic E-state index is 11.3. The van der Waals surface area contributed by atoms with Crippen molar-refractivity contribution in [3.63, 3.8) is 0 Å². The predicted octanol–water partition coefficient (Wildman–Crippen LogP) is 0.604. The Morgan fingerprint density at radius 3 is 2.95 bits per heavy atom. The van der Waals surface area contributed by atoms with Crippen LogP contribution in [-0.2, 0) is 9.59 Å². The van der Waals surface area contributed by atoms with Crippen LogP contribution in [0.2, 0.25) is 5.02 Å². The van der Waals surface area contributed by atoms with E-state index in [1.165, 1.54) is 0 Å². The van der Waals surface area contributed by atoms with Gasteiger partial charge in [0.15, 0.2) is 0 Å². The van der Waals surface area contributed by atoms with Gasteiger partial charge in [-0.15, -0.1) is 0 Å². The van der Waals surface area contributed by atoms with Gasteiger partial charge < -0.3 is 15.2 Å². The fourth-order valence-electron chi connectivity index (χ4n) is 2.00. The van der Waals surface area contributed by atoms with E-state index in [9.17, 15) is 9.59 Å². The van der Waals surface area contributed by atoms with Crippen LogP contribution in [0.25, 0.3) is 0 Å². The number of rotatable bonds is 5. The van der Waals surface area contributed by atoms with E-state index < -0.39 is 12.0 Å². The summed E-state index contributed by atoms with van der Waals surface area (Å²) >= 11 is 5.95. The third kappa shape index (κ3) is 3.61. The molecule has 0 saturated carbocycles. The summed E-state index contributed by atoms with van der Waals surface area (Å²) in [5.41, 5.74) is 0. The molecule has 0 spiro atoms. The Kier molecular flexibility index (Phi) is 4.81. The Morgan fingerprint density at radius 2 is 2.25 bits per heavy atom. The van der Waals surface area contributed by atoms with Gasteiger partial charge in [-0.3, -0.25) is 14.5 Å². The molecule has 108 valence electrons. The fraction of sp³-hybridized carbons (Fsp3) is 0.385. The number of carboxylic acid groups (broad SMARTS) is 1. The lowest BCUT2D eigenvalue weighted by Crippen LogP contribution is -2.58. The Balaban J connectivity index is 1.89. The number of para-hydroxylation sites is 1. The van der Waals surface area contributed by atoms with Gasteiger partial charge in [0.25, 0.3) is 0 Å². The van der Waals surface area contributed by atoms with E-state index in [0.29, 0.717) is 17.3 Å². The Morgan fingerprint density at radius 1 is 1.50 bits per heavy atom. The average Bonchev–Trinajstić information content (AvgIpc) is 2.41. The van der Waals surface area contributed by atoms with Crippen molar-refractivity contribution < 1.29 is 19.4 Å². The second-order valence-corrected chi connectivity index (χ2v) is 4.81. The number of ether oxygens (including phenoxy) is 1. The molecule has 0 aliphatic carbocycles. The maximum Gasteiger partial charge on any atom is 0.322 e. The van der Waals surface area contributed by atoms with Gasteiger partial charge in [0, 0.05) is 13.1 Å². The lowest BCUT2D eigenvalue weighted by Gasteiger charge is -2.32. The minimum Gasteiger partial charge on any atom is -0.491 e. The van der Waals surface area contributed by atoms with Crippen LogP contribution in [0, 0.1) is 0 Å². The average molecular weight is 299 g/mol. The van der Waals surface area contributed by atoms with Crippen molar-refractivity contribution in [3.05, 3.63) is 29.3 Å². The number of amides is 1. The first-order valence-electron chi connectivity index (χ1n) is 6.19. The second-order valence-electron chi connectivity index (χ2n) is 4.41. The van der Waals surface area contributed by atoms with Gasteiger partial charge in [0.05, 0.1) is 11.6 Å². The zero-order chi connectivity index (χ0) is 14.5. The van der Waals surface area contributed by atoms with Gasteiger partial charge in [-0.25, -0.2) is 0 Å². The number of benzene rings is 1. The molecule has 1 heterocycles. The summed E-state index contributed by atoms with van der Waals surface area (Å²) in [5, 5.41) is 12.1. The molecule has 1 saturated heterocycles. The SMILES string of the molecule is O=C1CN(CCOc2ccccc2Cl)C(C(=O)O)CN1. The number of nitrogens with zero attached hydrogens (tertiary/aromatic N) is 1. The molecule has 0 bridgehead atoms. The number of carbonyl (C=O) groups is 2. The molecule has 1 fully saturated rings. The summed E-state index contributed by atoms with van der Waals surface area (Å²) < 4.78 is 5.50. The molecule has 2 rings (SSSR count). The maximum absolute atomic E-state index is 11.3. The highest BCUT2D eigenvalue weighted by Crippen LogP contribution is 2.22. The molecule has 1 aromatic rings. The molecule has 7 heteroatoms. The smallest absolute Gasteiger partial charge is 0.322 e. The van der Waals surface area contributed by atoms with Crippen molar-refractivity contribution in [1.82, 2.24) is 10.2 Å². The normalized spacial score (nSPS) is 19.4. The molecule has 1 unspecified atom stereocenters. The molecule has 2 N–H and O–H groups in total. The number of aliphatic carboxylic acids is 1. The summed E-state index contributed by atoms with van der Waals surface area (Å²) in [6.45, 7) is 0.777. The predicted molar refractivity (Wildman–Crippen MR) is 73.0 cm³/mol. The highest BCUT2D eigenvalue weighted by molar-refractivity contribution is 6.32. The minimum absolute atomic E-state index is 0.0584. The Hall–Kier alpha value is -1.79. The quantitative estimate of drug-likeness (QED) is 0.832. The van der Waals surface area contributed by atoms with Crippen LogP contribution in [0.5, 0.6) is 5.75 Å². The lowest BCUT2D eigenvalue weighted by atomic mass is 10.2. The molecule has 1 aromatic carbocycles. The topological polar surface area (TPSA) is 78.9 Å². The lowest BCUT2D eigenvalue weighted by molar-refractivity contribution is -0.146. The molecular weight excluding hydrogens is 284 g/mol. The van der Waals surface area contributed by atoms with Gasteiger partial charge in [0.1, 0.15) is 18.4 Å². The molecule has 1 atom stereocenters. The van der Waals surface area contributed by atoms with Gasteiger partial charge >= 0.3 is 5.97 Å². The first kappa shape index (κ1) is 14.6. The molecular formula is C13H15ClN2O4. The van der Waals surface area contributed by atoms with Crippen LogP contribution < -0.4 is 10.1 Å². The van der Waals surface area contributed by atoms with E-state index in [4.69, 9.17) is 21.4 Å². The molecule has 20 heavy (non-hydrogen) atoms. The van der Waals surface area contributed by atoms with Crippen molar-refractivity contribution in [2.45, 2.75) is 6.04 Å². The number of carboxylic acids is 1. The number of piperazine rings is 1. The summed E-state index contributed by atoms with van der Waals surface area (Å²) in [7, 11) is 0. The first-order chi connectivity index (χ1) is 9.58. The Labute approximate surface area is 121 Å². The Bertz CT molecular complexity index is 509. The number of carbonyl (C=O) groups excluding carboxylic acids is 1. The third-order valence-electron chi connectivity index (χ3n) is 3.04. The van der Waals surface area contributed by atoms with Gasteiger partial charge in [0.2, 0.25) is 5.91 Å². The van der Waals surface area contributed by atoms with Crippen molar-refractivity contribution in [2.24, 2.45) is 0 Å². The first-order valence-corrected chi connectivity index (χ1v) is 6.56. The molecule has 0 radical (unpaired) electrons. The van der Waals surface area contributed by atoms with Gasteiger partial charge in [-0.2, -0.15) is 0 Å². The monoisotopic (exact) mass is 298 g/mol. The van der Waals surface area contributed by atoms with E-state index in [0.717, 1.165) is 0 Å². The summed E-state index contributed by atoms with van der Waals surface area (Å²) in [5.74, 6) is -0.592. The van der Waals surface area contributed by atoms with Gasteiger partial charge in [-0.05, 0) is 12.1 Å². The van der Waals surface area contributed by atoms with Crippen LogP contribution in [0.15, 0.2) is 24.3 Å². The highest BCUT2D eigenvalue weighted by Gasteiger charge is 2.31. The van der Waals surface area contributed by atoms with E-state index in [-0.39, 0.29) is 25.6 Å². The zero-order valence-electron chi connectivity index (χ0n) is 10.7. The summed E-state index contributed by atoms with van der Waals surface area (Å²) in [4.78, 5) is 24.0. The second kappa shape index (κ2) is 6.58. The summed E-state index contributed by atoms with van der Waals surface area (Å²) in [6, 6.07) is 6.33.